The molecule has 0 rings (SSSR count). The van der Waals surface area contributed by atoms with Crippen molar-refractivity contribution in [2.75, 3.05) is 19.8 Å². The first-order chi connectivity index (χ1) is 29.6. The van der Waals surface area contributed by atoms with Gasteiger partial charge in [0, 0.05) is 19.4 Å². The Morgan fingerprint density at radius 1 is 0.383 bits per heavy atom. The summed E-state index contributed by atoms with van der Waals surface area (Å²) < 4.78 is 17.3. The van der Waals surface area contributed by atoms with Gasteiger partial charge in [-0.05, 0) is 89.9 Å². The smallest absolute Gasteiger partial charge is 0.306 e. The summed E-state index contributed by atoms with van der Waals surface area (Å²) in [5.74, 6) is -0.423. The quantitative estimate of drug-likeness (QED) is 0.0347. The Bertz CT molecular complexity index is 1130. The monoisotopic (exact) mass is 835 g/mol. The lowest BCUT2D eigenvalue weighted by Crippen LogP contribution is -2.30. The molecule has 0 aromatic rings. The van der Waals surface area contributed by atoms with E-state index in [1.54, 1.807) is 0 Å². The zero-order valence-corrected chi connectivity index (χ0v) is 39.5. The van der Waals surface area contributed by atoms with E-state index in [1.165, 1.54) is 89.9 Å². The van der Waals surface area contributed by atoms with E-state index in [0.717, 1.165) is 103 Å². The lowest BCUT2D eigenvalue weighted by atomic mass is 10.1. The van der Waals surface area contributed by atoms with Crippen LogP contribution in [0.15, 0.2) is 85.1 Å². The van der Waals surface area contributed by atoms with Gasteiger partial charge in [-0.2, -0.15) is 0 Å². The molecule has 0 fully saturated rings. The largest absolute Gasteiger partial charge is 0.462 e. The Balaban J connectivity index is 4.24. The fourth-order valence-electron chi connectivity index (χ4n) is 6.75. The molecule has 60 heavy (non-hydrogen) atoms. The third-order valence-electron chi connectivity index (χ3n) is 10.4. The summed E-state index contributed by atoms with van der Waals surface area (Å²) in [6, 6.07) is 0. The van der Waals surface area contributed by atoms with Gasteiger partial charge in [0.1, 0.15) is 6.61 Å². The molecule has 1 unspecified atom stereocenters. The molecular weight excluding hydrogens is 741 g/mol. The highest BCUT2D eigenvalue weighted by Gasteiger charge is 2.17. The van der Waals surface area contributed by atoms with Crippen LogP contribution in [0.3, 0.4) is 0 Å². The van der Waals surface area contributed by atoms with Crippen molar-refractivity contribution in [3.05, 3.63) is 85.1 Å². The van der Waals surface area contributed by atoms with Crippen LogP contribution in [0.2, 0.25) is 0 Å². The predicted octanol–water partition coefficient (Wildman–Crippen LogP) is 16.9. The third-order valence-corrected chi connectivity index (χ3v) is 10.4. The number of hydrogen-bond donors (Lipinski definition) is 0. The van der Waals surface area contributed by atoms with E-state index in [4.69, 9.17) is 14.2 Å². The van der Waals surface area contributed by atoms with Crippen LogP contribution in [0.4, 0.5) is 0 Å². The molecule has 0 spiro atoms. The van der Waals surface area contributed by atoms with Gasteiger partial charge in [-0.25, -0.2) is 0 Å². The fourth-order valence-corrected chi connectivity index (χ4v) is 6.75. The SMILES string of the molecule is CC/C=C\C/C=C\C/C=C\C/C=C\CCCCCCCCC(=O)OCC(COCCCCCCCC/C=C\C/C=C\C/C=C\CC)OC(=O)CCCCCCCCCCC. The molecule has 0 bridgehead atoms. The van der Waals surface area contributed by atoms with E-state index in [1.807, 2.05) is 0 Å². The van der Waals surface area contributed by atoms with E-state index in [-0.39, 0.29) is 25.2 Å². The van der Waals surface area contributed by atoms with Gasteiger partial charge < -0.3 is 14.2 Å². The van der Waals surface area contributed by atoms with Crippen molar-refractivity contribution in [1.29, 1.82) is 0 Å². The van der Waals surface area contributed by atoms with Crippen LogP contribution in [-0.4, -0.2) is 37.9 Å². The van der Waals surface area contributed by atoms with Gasteiger partial charge >= 0.3 is 11.9 Å². The molecule has 5 nitrogen and oxygen atoms in total. The number of hydrogen-bond acceptors (Lipinski definition) is 5. The summed E-state index contributed by atoms with van der Waals surface area (Å²) in [5.41, 5.74) is 0. The number of esters is 2. The number of allylic oxidation sites excluding steroid dienone is 14. The first-order valence-electron chi connectivity index (χ1n) is 25.1. The maximum atomic E-state index is 12.7. The Morgan fingerprint density at radius 2 is 0.750 bits per heavy atom. The van der Waals surface area contributed by atoms with Crippen molar-refractivity contribution in [2.24, 2.45) is 0 Å². The Morgan fingerprint density at radius 3 is 1.20 bits per heavy atom. The zero-order chi connectivity index (χ0) is 43.5. The second-order valence-electron chi connectivity index (χ2n) is 16.3. The zero-order valence-electron chi connectivity index (χ0n) is 39.5. The van der Waals surface area contributed by atoms with Crippen molar-refractivity contribution >= 4 is 11.9 Å². The lowest BCUT2D eigenvalue weighted by molar-refractivity contribution is -0.163. The molecule has 0 saturated carbocycles. The second-order valence-corrected chi connectivity index (χ2v) is 16.3. The van der Waals surface area contributed by atoms with Gasteiger partial charge in [0.05, 0.1) is 6.61 Å². The maximum Gasteiger partial charge on any atom is 0.306 e. The summed E-state index contributed by atoms with van der Waals surface area (Å²) in [5, 5.41) is 0. The Kier molecular flexibility index (Phi) is 48.0. The standard InChI is InChI=1S/C55H94O5/c1-4-7-10-13-16-19-21-23-25-27-28-29-30-32-34-37-39-42-45-48-54(56)59-52-53(60-55(57)49-46-43-40-36-18-15-12-9-6-3)51-58-50-47-44-41-38-35-33-31-26-24-22-20-17-14-11-8-5-2/h7-8,10-11,16-17,19-20,23-26,28-29,53H,4-6,9,12-15,18,21-22,27,30-52H2,1-3H3/b10-7-,11-8-,19-16-,20-17-,25-23-,26-24-,29-28-. The second kappa shape index (κ2) is 50.4. The van der Waals surface area contributed by atoms with E-state index in [0.29, 0.717) is 19.4 Å². The molecule has 0 aliphatic rings. The maximum absolute atomic E-state index is 12.7. The molecule has 1 atom stereocenters. The average molecular weight is 835 g/mol. The van der Waals surface area contributed by atoms with E-state index in [2.05, 4.69) is 106 Å². The highest BCUT2D eigenvalue weighted by Crippen LogP contribution is 2.14. The molecule has 0 saturated heterocycles. The summed E-state index contributed by atoms with van der Waals surface area (Å²) in [7, 11) is 0. The van der Waals surface area contributed by atoms with Gasteiger partial charge in [0.15, 0.2) is 6.10 Å². The molecular formula is C55H94O5. The number of unbranched alkanes of at least 4 members (excludes halogenated alkanes) is 20. The van der Waals surface area contributed by atoms with Crippen LogP contribution in [0, 0.1) is 0 Å². The van der Waals surface area contributed by atoms with E-state index in [9.17, 15) is 9.59 Å². The van der Waals surface area contributed by atoms with Crippen molar-refractivity contribution in [1.82, 2.24) is 0 Å². The predicted molar refractivity (Wildman–Crippen MR) is 260 cm³/mol. The highest BCUT2D eigenvalue weighted by atomic mass is 16.6. The normalized spacial score (nSPS) is 12.9. The molecule has 0 aliphatic carbocycles. The van der Waals surface area contributed by atoms with Gasteiger partial charge in [-0.3, -0.25) is 9.59 Å². The number of carbonyl (C=O) groups is 2. The Labute approximate surface area is 371 Å². The van der Waals surface area contributed by atoms with Crippen LogP contribution < -0.4 is 0 Å². The number of rotatable bonds is 45. The summed E-state index contributed by atoms with van der Waals surface area (Å²) in [6.07, 6.45) is 65.9. The van der Waals surface area contributed by atoms with Gasteiger partial charge in [-0.15, -0.1) is 0 Å². The minimum absolute atomic E-state index is 0.0701. The van der Waals surface area contributed by atoms with Crippen molar-refractivity contribution < 1.29 is 23.8 Å². The molecule has 0 aromatic heterocycles. The van der Waals surface area contributed by atoms with Crippen molar-refractivity contribution in [3.8, 4) is 0 Å². The molecule has 0 amide bonds. The van der Waals surface area contributed by atoms with Crippen molar-refractivity contribution in [2.45, 2.75) is 232 Å². The highest BCUT2D eigenvalue weighted by molar-refractivity contribution is 5.70. The number of carbonyl (C=O) groups excluding carboxylic acids is 2. The molecule has 0 heterocycles. The fraction of sp³-hybridized carbons (Fsp3) is 0.709. The molecule has 0 aliphatic heterocycles. The van der Waals surface area contributed by atoms with Gasteiger partial charge in [-0.1, -0.05) is 209 Å². The van der Waals surface area contributed by atoms with Crippen molar-refractivity contribution in [3.63, 3.8) is 0 Å². The lowest BCUT2D eigenvalue weighted by Gasteiger charge is -2.18. The van der Waals surface area contributed by atoms with E-state index < -0.39 is 6.10 Å². The average Bonchev–Trinajstić information content (AvgIpc) is 3.25. The van der Waals surface area contributed by atoms with Crippen LogP contribution >= 0.6 is 0 Å². The molecule has 0 aromatic carbocycles. The molecule has 344 valence electrons. The van der Waals surface area contributed by atoms with Crippen LogP contribution in [0.5, 0.6) is 0 Å². The summed E-state index contributed by atoms with van der Waals surface area (Å²) >= 11 is 0. The third kappa shape index (κ3) is 47.8. The van der Waals surface area contributed by atoms with Crippen LogP contribution in [0.25, 0.3) is 0 Å². The minimum Gasteiger partial charge on any atom is -0.462 e. The molecule has 0 N–H and O–H groups in total. The first-order valence-corrected chi connectivity index (χ1v) is 25.1. The van der Waals surface area contributed by atoms with Crippen LogP contribution in [-0.2, 0) is 23.8 Å². The van der Waals surface area contributed by atoms with Gasteiger partial charge in [0.2, 0.25) is 0 Å². The van der Waals surface area contributed by atoms with Crippen LogP contribution in [0.1, 0.15) is 226 Å². The minimum atomic E-state index is -0.549. The Hall–Kier alpha value is -2.92. The van der Waals surface area contributed by atoms with E-state index >= 15 is 0 Å². The van der Waals surface area contributed by atoms with Gasteiger partial charge in [0.25, 0.3) is 0 Å². The number of ether oxygens (including phenoxy) is 3. The molecule has 0 radical (unpaired) electrons. The topological polar surface area (TPSA) is 61.8 Å². The summed E-state index contributed by atoms with van der Waals surface area (Å²) in [4.78, 5) is 25.3. The summed E-state index contributed by atoms with van der Waals surface area (Å²) in [6.45, 7) is 7.55. The first kappa shape index (κ1) is 57.1. The molecule has 5 heteroatoms.